The highest BCUT2D eigenvalue weighted by molar-refractivity contribution is 9.10. The molecule has 0 saturated heterocycles. The summed E-state index contributed by atoms with van der Waals surface area (Å²) in [7, 11) is 1.70. The van der Waals surface area contributed by atoms with E-state index in [0.29, 0.717) is 41.3 Å². The number of carbonyl (C=O) groups excluding carboxylic acids is 2. The number of fused-ring (bicyclic) bond motifs is 1. The molecule has 0 spiro atoms. The number of halogens is 1. The molecule has 0 bridgehead atoms. The van der Waals surface area contributed by atoms with Crippen LogP contribution in [-0.2, 0) is 0 Å². The van der Waals surface area contributed by atoms with E-state index in [1.165, 1.54) is 0 Å². The van der Waals surface area contributed by atoms with Crippen LogP contribution in [0.25, 0.3) is 0 Å². The quantitative estimate of drug-likeness (QED) is 0.517. The fourth-order valence-electron chi connectivity index (χ4n) is 3.37. The molecule has 30 heavy (non-hydrogen) atoms. The van der Waals surface area contributed by atoms with Gasteiger partial charge in [-0.1, -0.05) is 46.3 Å². The van der Waals surface area contributed by atoms with Crippen LogP contribution in [0.3, 0.4) is 0 Å². The predicted molar refractivity (Wildman–Crippen MR) is 117 cm³/mol. The van der Waals surface area contributed by atoms with E-state index in [2.05, 4.69) is 15.9 Å². The SMILES string of the molecule is CN(C[C@H]1COc2ccccc2O1)C(=O)c1ccccc1C(=O)c1ccc(Br)cc1. The Kier molecular flexibility index (Phi) is 5.86. The summed E-state index contributed by atoms with van der Waals surface area (Å²) in [6, 6.07) is 21.4. The first-order chi connectivity index (χ1) is 14.5. The predicted octanol–water partition coefficient (Wildman–Crippen LogP) is 4.59. The lowest BCUT2D eigenvalue weighted by atomic mass is 9.97. The normalized spacial score (nSPS) is 14.8. The van der Waals surface area contributed by atoms with Crippen LogP contribution >= 0.6 is 15.9 Å². The van der Waals surface area contributed by atoms with E-state index < -0.39 is 0 Å². The molecule has 1 aliphatic rings. The van der Waals surface area contributed by atoms with Crippen molar-refractivity contribution in [3.63, 3.8) is 0 Å². The number of likely N-dealkylation sites (N-methyl/N-ethyl adjacent to an activating group) is 1. The lowest BCUT2D eigenvalue weighted by Gasteiger charge is -2.29. The molecular weight excluding hydrogens is 446 g/mol. The number of para-hydroxylation sites is 2. The molecule has 152 valence electrons. The number of benzene rings is 3. The lowest BCUT2D eigenvalue weighted by Crippen LogP contribution is -2.42. The van der Waals surface area contributed by atoms with Crippen LogP contribution in [0.1, 0.15) is 26.3 Å². The summed E-state index contributed by atoms with van der Waals surface area (Å²) in [5.74, 6) is 0.943. The van der Waals surface area contributed by atoms with E-state index in [4.69, 9.17) is 9.47 Å². The van der Waals surface area contributed by atoms with Gasteiger partial charge in [-0.05, 0) is 42.5 Å². The third-order valence-electron chi connectivity index (χ3n) is 4.90. The molecule has 0 aliphatic carbocycles. The summed E-state index contributed by atoms with van der Waals surface area (Å²) in [5.41, 5.74) is 1.27. The van der Waals surface area contributed by atoms with Gasteiger partial charge >= 0.3 is 0 Å². The van der Waals surface area contributed by atoms with Gasteiger partial charge in [0.05, 0.1) is 12.1 Å². The Labute approximate surface area is 183 Å². The zero-order valence-electron chi connectivity index (χ0n) is 16.4. The van der Waals surface area contributed by atoms with Crippen LogP contribution in [0.15, 0.2) is 77.3 Å². The van der Waals surface area contributed by atoms with E-state index in [9.17, 15) is 9.59 Å². The van der Waals surface area contributed by atoms with Crippen molar-refractivity contribution in [2.24, 2.45) is 0 Å². The van der Waals surface area contributed by atoms with Crippen molar-refractivity contribution in [3.8, 4) is 11.5 Å². The van der Waals surface area contributed by atoms with Crippen LogP contribution in [0.5, 0.6) is 11.5 Å². The molecule has 0 aromatic heterocycles. The number of carbonyl (C=O) groups is 2. The van der Waals surface area contributed by atoms with Gasteiger partial charge in [0.2, 0.25) is 0 Å². The number of amides is 1. The molecule has 1 heterocycles. The fraction of sp³-hybridized carbons (Fsp3) is 0.167. The van der Waals surface area contributed by atoms with Gasteiger partial charge in [0.1, 0.15) is 6.61 Å². The summed E-state index contributed by atoms with van der Waals surface area (Å²) in [6.45, 7) is 0.697. The molecule has 0 radical (unpaired) electrons. The third-order valence-corrected chi connectivity index (χ3v) is 5.43. The van der Waals surface area contributed by atoms with E-state index >= 15 is 0 Å². The number of nitrogens with zero attached hydrogens (tertiary/aromatic N) is 1. The molecule has 0 saturated carbocycles. The minimum absolute atomic E-state index is 0.189. The monoisotopic (exact) mass is 465 g/mol. The average Bonchev–Trinajstić information content (AvgIpc) is 2.78. The van der Waals surface area contributed by atoms with Gasteiger partial charge < -0.3 is 14.4 Å². The van der Waals surface area contributed by atoms with Crippen molar-refractivity contribution in [1.82, 2.24) is 4.90 Å². The lowest BCUT2D eigenvalue weighted by molar-refractivity contribution is 0.0519. The van der Waals surface area contributed by atoms with E-state index in [1.807, 2.05) is 36.4 Å². The Bertz CT molecular complexity index is 1080. The van der Waals surface area contributed by atoms with Gasteiger partial charge in [0.25, 0.3) is 5.91 Å². The standard InChI is InChI=1S/C24H20BrNO4/c1-26(14-18-15-29-21-8-4-5-9-22(21)30-18)24(28)20-7-3-2-6-19(20)23(27)16-10-12-17(25)13-11-16/h2-13,18H,14-15H2,1H3/t18-/m0/s1. The van der Waals surface area contributed by atoms with Crippen LogP contribution in [0.4, 0.5) is 0 Å². The zero-order chi connectivity index (χ0) is 21.1. The fourth-order valence-corrected chi connectivity index (χ4v) is 3.64. The number of ether oxygens (including phenoxy) is 2. The van der Waals surface area contributed by atoms with Crippen molar-refractivity contribution in [2.75, 3.05) is 20.2 Å². The second kappa shape index (κ2) is 8.71. The molecule has 1 aliphatic heterocycles. The van der Waals surface area contributed by atoms with Crippen LogP contribution in [0, 0.1) is 0 Å². The molecule has 0 fully saturated rings. The largest absolute Gasteiger partial charge is 0.486 e. The Morgan fingerprint density at radius 2 is 1.57 bits per heavy atom. The maximum atomic E-state index is 13.1. The first-order valence-electron chi connectivity index (χ1n) is 9.56. The van der Waals surface area contributed by atoms with Crippen molar-refractivity contribution >= 4 is 27.6 Å². The van der Waals surface area contributed by atoms with Crippen molar-refractivity contribution in [3.05, 3.63) is 94.0 Å². The Morgan fingerprint density at radius 3 is 2.30 bits per heavy atom. The Hall–Kier alpha value is -3.12. The number of hydrogen-bond donors (Lipinski definition) is 0. The molecule has 1 atom stereocenters. The molecule has 1 amide bonds. The third kappa shape index (κ3) is 4.24. The molecular formula is C24H20BrNO4. The van der Waals surface area contributed by atoms with Crippen LogP contribution < -0.4 is 9.47 Å². The summed E-state index contributed by atoms with van der Waals surface area (Å²) in [4.78, 5) is 27.7. The molecule has 3 aromatic rings. The molecule has 4 rings (SSSR count). The Balaban J connectivity index is 1.51. The van der Waals surface area contributed by atoms with Gasteiger partial charge in [0, 0.05) is 22.6 Å². The highest BCUT2D eigenvalue weighted by Gasteiger charge is 2.26. The Morgan fingerprint density at radius 1 is 0.933 bits per heavy atom. The minimum Gasteiger partial charge on any atom is -0.486 e. The summed E-state index contributed by atoms with van der Waals surface area (Å²) in [6.07, 6.45) is -0.289. The molecule has 3 aromatic carbocycles. The van der Waals surface area contributed by atoms with Crippen molar-refractivity contribution in [2.45, 2.75) is 6.10 Å². The van der Waals surface area contributed by atoms with Gasteiger partial charge in [-0.25, -0.2) is 0 Å². The van der Waals surface area contributed by atoms with Crippen molar-refractivity contribution in [1.29, 1.82) is 0 Å². The van der Waals surface area contributed by atoms with Gasteiger partial charge in [0.15, 0.2) is 23.4 Å². The average molecular weight is 466 g/mol. The van der Waals surface area contributed by atoms with Crippen molar-refractivity contribution < 1.29 is 19.1 Å². The van der Waals surface area contributed by atoms with E-state index in [0.717, 1.165) is 4.47 Å². The van der Waals surface area contributed by atoms with Crippen LogP contribution in [-0.4, -0.2) is 42.9 Å². The van der Waals surface area contributed by atoms with E-state index in [1.54, 1.807) is 48.3 Å². The van der Waals surface area contributed by atoms with Gasteiger partial charge in [-0.2, -0.15) is 0 Å². The first-order valence-corrected chi connectivity index (χ1v) is 10.4. The maximum absolute atomic E-state index is 13.1. The first kappa shape index (κ1) is 20.2. The second-order valence-corrected chi connectivity index (χ2v) is 7.98. The highest BCUT2D eigenvalue weighted by Crippen LogP contribution is 2.31. The second-order valence-electron chi connectivity index (χ2n) is 7.06. The van der Waals surface area contributed by atoms with Gasteiger partial charge in [-0.15, -0.1) is 0 Å². The van der Waals surface area contributed by atoms with Crippen LogP contribution in [0.2, 0.25) is 0 Å². The number of ketones is 1. The molecule has 0 N–H and O–H groups in total. The maximum Gasteiger partial charge on any atom is 0.254 e. The highest BCUT2D eigenvalue weighted by atomic mass is 79.9. The molecule has 0 unspecified atom stereocenters. The smallest absolute Gasteiger partial charge is 0.254 e. The summed E-state index contributed by atoms with van der Waals surface area (Å²) in [5, 5.41) is 0. The number of hydrogen-bond acceptors (Lipinski definition) is 4. The van der Waals surface area contributed by atoms with Gasteiger partial charge in [-0.3, -0.25) is 9.59 Å². The molecule has 5 nitrogen and oxygen atoms in total. The molecule has 6 heteroatoms. The van der Waals surface area contributed by atoms with E-state index in [-0.39, 0.29) is 17.8 Å². The summed E-state index contributed by atoms with van der Waals surface area (Å²) < 4.78 is 12.6. The minimum atomic E-state index is -0.289. The zero-order valence-corrected chi connectivity index (χ0v) is 18.0. The number of rotatable bonds is 5. The summed E-state index contributed by atoms with van der Waals surface area (Å²) >= 11 is 3.37. The topological polar surface area (TPSA) is 55.8 Å².